The van der Waals surface area contributed by atoms with E-state index in [1.165, 1.54) is 5.56 Å². The fourth-order valence-corrected chi connectivity index (χ4v) is 1.31. The molecule has 13 heavy (non-hydrogen) atoms. The van der Waals surface area contributed by atoms with Crippen LogP contribution in [0.5, 0.6) is 0 Å². The van der Waals surface area contributed by atoms with Crippen LogP contribution in [0.4, 0.5) is 0 Å². The molecule has 0 aliphatic heterocycles. The summed E-state index contributed by atoms with van der Waals surface area (Å²) in [5.41, 5.74) is 1.23. The van der Waals surface area contributed by atoms with Gasteiger partial charge in [-0.3, -0.25) is 0 Å². The van der Waals surface area contributed by atoms with Gasteiger partial charge in [0.1, 0.15) is 0 Å². The van der Waals surface area contributed by atoms with Gasteiger partial charge in [-0.2, -0.15) is 0 Å². The maximum atomic E-state index is 5.43. The van der Waals surface area contributed by atoms with E-state index < -0.39 is 0 Å². The highest BCUT2D eigenvalue weighted by Gasteiger charge is 1.88. The largest absolute Gasteiger partial charge is 0.373 e. The normalized spacial score (nSPS) is 10.8. The molecular formula is C11H13IO. The molecule has 70 valence electrons. The smallest absolute Gasteiger partial charge is 0.0721 e. The van der Waals surface area contributed by atoms with Crippen molar-refractivity contribution in [1.29, 1.82) is 0 Å². The van der Waals surface area contributed by atoms with Crippen molar-refractivity contribution in [1.82, 2.24) is 0 Å². The minimum Gasteiger partial charge on any atom is -0.373 e. The van der Waals surface area contributed by atoms with Gasteiger partial charge in [0.2, 0.25) is 0 Å². The van der Waals surface area contributed by atoms with Gasteiger partial charge in [-0.25, -0.2) is 0 Å². The van der Waals surface area contributed by atoms with Crippen molar-refractivity contribution in [3.05, 3.63) is 48.0 Å². The molecule has 0 heterocycles. The van der Waals surface area contributed by atoms with Gasteiger partial charge >= 0.3 is 0 Å². The highest BCUT2D eigenvalue weighted by molar-refractivity contribution is 14.1. The van der Waals surface area contributed by atoms with Crippen LogP contribution in [0.15, 0.2) is 42.5 Å². The second-order valence-electron chi connectivity index (χ2n) is 2.63. The van der Waals surface area contributed by atoms with Crippen molar-refractivity contribution in [2.24, 2.45) is 0 Å². The predicted octanol–water partition coefficient (Wildman–Crippen LogP) is 3.19. The lowest BCUT2D eigenvalue weighted by molar-refractivity contribution is 0.148. The third-order valence-electron chi connectivity index (χ3n) is 1.58. The molecule has 0 fully saturated rings. The molecule has 1 aromatic carbocycles. The molecule has 0 bridgehead atoms. The summed E-state index contributed by atoms with van der Waals surface area (Å²) >= 11 is 2.31. The molecule has 0 saturated carbocycles. The van der Waals surface area contributed by atoms with Crippen molar-refractivity contribution in [3.8, 4) is 0 Å². The number of allylic oxidation sites excluding steroid dienone is 1. The van der Waals surface area contributed by atoms with Crippen LogP contribution in [0.25, 0.3) is 0 Å². The van der Waals surface area contributed by atoms with Gasteiger partial charge in [0.25, 0.3) is 0 Å². The van der Waals surface area contributed by atoms with E-state index in [-0.39, 0.29) is 0 Å². The molecule has 0 spiro atoms. The Balaban J connectivity index is 2.17. The van der Waals surface area contributed by atoms with Crippen molar-refractivity contribution in [2.45, 2.75) is 6.61 Å². The maximum Gasteiger partial charge on any atom is 0.0721 e. The number of benzene rings is 1. The molecule has 1 aromatic rings. The van der Waals surface area contributed by atoms with Crippen LogP contribution in [0.1, 0.15) is 5.56 Å². The predicted molar refractivity (Wildman–Crippen MR) is 64.1 cm³/mol. The molecule has 0 saturated heterocycles. The van der Waals surface area contributed by atoms with Gasteiger partial charge in [0, 0.05) is 4.43 Å². The summed E-state index contributed by atoms with van der Waals surface area (Å²) in [6, 6.07) is 10.2. The topological polar surface area (TPSA) is 9.23 Å². The number of halogens is 1. The second kappa shape index (κ2) is 7.09. The first-order chi connectivity index (χ1) is 6.43. The highest BCUT2D eigenvalue weighted by atomic mass is 127. The molecule has 2 heteroatoms. The average molecular weight is 288 g/mol. The summed E-state index contributed by atoms with van der Waals surface area (Å²) in [6.45, 7) is 1.41. The van der Waals surface area contributed by atoms with Crippen LogP contribution in [-0.4, -0.2) is 11.0 Å². The number of alkyl halides is 1. The molecule has 0 unspecified atom stereocenters. The van der Waals surface area contributed by atoms with Crippen LogP contribution in [0, 0.1) is 0 Å². The summed E-state index contributed by atoms with van der Waals surface area (Å²) < 4.78 is 6.48. The Morgan fingerprint density at radius 2 is 1.92 bits per heavy atom. The SMILES string of the molecule is IC/C=C\COCc1ccccc1. The number of rotatable bonds is 5. The van der Waals surface area contributed by atoms with Gasteiger partial charge in [-0.05, 0) is 5.56 Å². The van der Waals surface area contributed by atoms with Gasteiger partial charge < -0.3 is 4.74 Å². The monoisotopic (exact) mass is 288 g/mol. The van der Waals surface area contributed by atoms with Crippen molar-refractivity contribution in [3.63, 3.8) is 0 Å². The van der Waals surface area contributed by atoms with E-state index in [2.05, 4.69) is 46.9 Å². The zero-order valence-corrected chi connectivity index (χ0v) is 9.61. The first kappa shape index (κ1) is 10.7. The number of hydrogen-bond donors (Lipinski definition) is 0. The zero-order chi connectivity index (χ0) is 9.36. The summed E-state index contributed by atoms with van der Waals surface area (Å²) in [7, 11) is 0. The highest BCUT2D eigenvalue weighted by Crippen LogP contribution is 2.00. The third-order valence-corrected chi connectivity index (χ3v) is 2.09. The van der Waals surface area contributed by atoms with E-state index in [4.69, 9.17) is 4.74 Å². The first-order valence-corrected chi connectivity index (χ1v) is 5.78. The van der Waals surface area contributed by atoms with Crippen molar-refractivity contribution >= 4 is 22.6 Å². The molecule has 0 amide bonds. The van der Waals surface area contributed by atoms with E-state index in [0.29, 0.717) is 13.2 Å². The minimum absolute atomic E-state index is 0.701. The molecule has 0 aliphatic rings. The molecule has 0 aromatic heterocycles. The third kappa shape index (κ3) is 5.05. The van der Waals surface area contributed by atoms with Crippen LogP contribution < -0.4 is 0 Å². The molecular weight excluding hydrogens is 275 g/mol. The fourth-order valence-electron chi connectivity index (χ4n) is 0.950. The minimum atomic E-state index is 0.701. The van der Waals surface area contributed by atoms with Gasteiger partial charge in [-0.1, -0.05) is 65.1 Å². The van der Waals surface area contributed by atoms with E-state index >= 15 is 0 Å². The Hall–Kier alpha value is -0.350. The van der Waals surface area contributed by atoms with Gasteiger partial charge in [0.05, 0.1) is 13.2 Å². The lowest BCUT2D eigenvalue weighted by Gasteiger charge is -2.00. The van der Waals surface area contributed by atoms with E-state index in [0.717, 1.165) is 4.43 Å². The van der Waals surface area contributed by atoms with Crippen LogP contribution in [-0.2, 0) is 11.3 Å². The molecule has 0 aliphatic carbocycles. The number of hydrogen-bond acceptors (Lipinski definition) is 1. The van der Waals surface area contributed by atoms with Gasteiger partial charge in [-0.15, -0.1) is 0 Å². The summed E-state index contributed by atoms with van der Waals surface area (Å²) in [5.74, 6) is 0. The van der Waals surface area contributed by atoms with E-state index in [9.17, 15) is 0 Å². The molecule has 0 radical (unpaired) electrons. The average Bonchev–Trinajstić information content (AvgIpc) is 2.19. The Labute approximate surface area is 92.9 Å². The quantitative estimate of drug-likeness (QED) is 0.350. The van der Waals surface area contributed by atoms with Crippen molar-refractivity contribution in [2.75, 3.05) is 11.0 Å². The fraction of sp³-hybridized carbons (Fsp3) is 0.273. The molecule has 0 atom stereocenters. The first-order valence-electron chi connectivity index (χ1n) is 4.26. The molecule has 1 nitrogen and oxygen atoms in total. The van der Waals surface area contributed by atoms with Crippen LogP contribution in [0.2, 0.25) is 0 Å². The Bertz CT molecular complexity index is 244. The Kier molecular flexibility index (Phi) is 5.85. The van der Waals surface area contributed by atoms with Crippen LogP contribution >= 0.6 is 22.6 Å². The van der Waals surface area contributed by atoms with Gasteiger partial charge in [0.15, 0.2) is 0 Å². The van der Waals surface area contributed by atoms with E-state index in [1.807, 2.05) is 18.2 Å². The van der Waals surface area contributed by atoms with Crippen LogP contribution in [0.3, 0.4) is 0 Å². The Morgan fingerprint density at radius 3 is 2.62 bits per heavy atom. The van der Waals surface area contributed by atoms with E-state index in [1.54, 1.807) is 0 Å². The molecule has 1 rings (SSSR count). The lowest BCUT2D eigenvalue weighted by Crippen LogP contribution is -1.91. The number of ether oxygens (including phenoxy) is 1. The standard InChI is InChI=1S/C11H13IO/c12-8-4-5-9-13-10-11-6-2-1-3-7-11/h1-7H,8-10H2/b5-4-. The molecule has 0 N–H and O–H groups in total. The summed E-state index contributed by atoms with van der Waals surface area (Å²) in [5, 5.41) is 0. The Morgan fingerprint density at radius 1 is 1.15 bits per heavy atom. The summed E-state index contributed by atoms with van der Waals surface area (Å²) in [4.78, 5) is 0. The lowest BCUT2D eigenvalue weighted by atomic mass is 10.2. The second-order valence-corrected chi connectivity index (χ2v) is 3.51. The van der Waals surface area contributed by atoms with Crippen molar-refractivity contribution < 1.29 is 4.74 Å². The maximum absolute atomic E-state index is 5.43. The zero-order valence-electron chi connectivity index (χ0n) is 7.45. The summed E-state index contributed by atoms with van der Waals surface area (Å²) in [6.07, 6.45) is 4.15.